The zero-order valence-corrected chi connectivity index (χ0v) is 21.0. The van der Waals surface area contributed by atoms with E-state index >= 15 is 0 Å². The average Bonchev–Trinajstić information content (AvgIpc) is 2.83. The first kappa shape index (κ1) is 30.1. The molecule has 0 N–H and O–H groups in total. The summed E-state index contributed by atoms with van der Waals surface area (Å²) in [7, 11) is 13.2. The van der Waals surface area contributed by atoms with Gasteiger partial charge in [0.05, 0.1) is 20.3 Å². The summed E-state index contributed by atoms with van der Waals surface area (Å²) < 4.78 is 61.6. The molecule has 1 fully saturated rings. The largest absolute Gasteiger partial charge is 0.467 e. The third-order valence-corrected chi connectivity index (χ3v) is 5.61. The van der Waals surface area contributed by atoms with Crippen LogP contribution in [0.5, 0.6) is 0 Å². The number of carbonyl (C=O) groups excluding carboxylic acids is 1. The van der Waals surface area contributed by atoms with Crippen LogP contribution in [0.3, 0.4) is 0 Å². The highest BCUT2D eigenvalue weighted by molar-refractivity contribution is 5.75. The van der Waals surface area contributed by atoms with Crippen molar-refractivity contribution in [3.8, 4) is 0 Å². The molecular weight excluding hydrogens is 444 g/mol. The van der Waals surface area contributed by atoms with E-state index in [0.717, 1.165) is 0 Å². The standard InChI is InChI=1S/C21H40O12/c1-23-10-12(25-3)15(17(28-6)18(29-7)20(22)31-9)33-21-19(30-8)16(27-5)14(26-4)13(32-21)11-24-2/h12-19,21H,10-11H2,1-9H3. The molecule has 12 nitrogen and oxygen atoms in total. The number of methoxy groups -OCH3 is 9. The lowest BCUT2D eigenvalue weighted by molar-refractivity contribution is -0.337. The van der Waals surface area contributed by atoms with Crippen LogP contribution in [0.25, 0.3) is 0 Å². The van der Waals surface area contributed by atoms with Crippen LogP contribution in [0.15, 0.2) is 0 Å². The minimum atomic E-state index is -1.11. The van der Waals surface area contributed by atoms with Crippen LogP contribution in [-0.2, 0) is 56.9 Å². The Morgan fingerprint density at radius 2 is 1.39 bits per heavy atom. The predicted molar refractivity (Wildman–Crippen MR) is 114 cm³/mol. The van der Waals surface area contributed by atoms with Crippen molar-refractivity contribution in [3.05, 3.63) is 0 Å². The van der Waals surface area contributed by atoms with E-state index in [1.54, 1.807) is 21.3 Å². The molecule has 12 heteroatoms. The summed E-state index contributed by atoms with van der Waals surface area (Å²) >= 11 is 0. The monoisotopic (exact) mass is 484 g/mol. The third-order valence-electron chi connectivity index (χ3n) is 5.61. The van der Waals surface area contributed by atoms with Gasteiger partial charge in [-0.05, 0) is 0 Å². The first-order chi connectivity index (χ1) is 15.9. The summed E-state index contributed by atoms with van der Waals surface area (Å²) in [5.41, 5.74) is 0. The summed E-state index contributed by atoms with van der Waals surface area (Å²) in [5, 5.41) is 0. The van der Waals surface area contributed by atoms with Crippen LogP contribution in [0, 0.1) is 0 Å². The summed E-state index contributed by atoms with van der Waals surface area (Å²) in [6.45, 7) is 0.362. The van der Waals surface area contributed by atoms with E-state index in [-0.39, 0.29) is 13.2 Å². The van der Waals surface area contributed by atoms with E-state index in [1.165, 1.54) is 42.7 Å². The van der Waals surface area contributed by atoms with Crippen LogP contribution in [0.1, 0.15) is 0 Å². The number of hydrogen-bond donors (Lipinski definition) is 0. The minimum Gasteiger partial charge on any atom is -0.467 e. The molecule has 0 aromatic rings. The van der Waals surface area contributed by atoms with Crippen molar-refractivity contribution in [2.45, 2.75) is 55.1 Å². The van der Waals surface area contributed by atoms with Gasteiger partial charge in [0.15, 0.2) is 12.4 Å². The van der Waals surface area contributed by atoms with E-state index in [1.807, 2.05) is 0 Å². The van der Waals surface area contributed by atoms with Crippen LogP contribution >= 0.6 is 0 Å². The Labute approximate surface area is 195 Å². The Balaban J connectivity index is 3.38. The highest BCUT2D eigenvalue weighted by atomic mass is 16.7. The molecule has 1 heterocycles. The molecule has 33 heavy (non-hydrogen) atoms. The molecule has 0 aliphatic carbocycles. The lowest BCUT2D eigenvalue weighted by Gasteiger charge is -2.46. The van der Waals surface area contributed by atoms with Crippen molar-refractivity contribution in [2.75, 3.05) is 77.2 Å². The lowest BCUT2D eigenvalue weighted by atomic mass is 9.97. The molecule has 196 valence electrons. The fourth-order valence-electron chi connectivity index (χ4n) is 3.99. The van der Waals surface area contributed by atoms with Crippen molar-refractivity contribution in [1.29, 1.82) is 0 Å². The number of carbonyl (C=O) groups is 1. The SMILES string of the molecule is COCC(OC)C(OC1OC(COC)C(OC)C(OC)C1OC)C(OC)C(OC)C(=O)OC. The summed E-state index contributed by atoms with van der Waals surface area (Å²) in [4.78, 5) is 12.4. The molecule has 1 rings (SSSR count). The van der Waals surface area contributed by atoms with Crippen molar-refractivity contribution in [3.63, 3.8) is 0 Å². The number of esters is 1. The van der Waals surface area contributed by atoms with Gasteiger partial charge in [0.1, 0.15) is 42.7 Å². The van der Waals surface area contributed by atoms with Crippen molar-refractivity contribution < 1.29 is 56.9 Å². The topological polar surface area (TPSA) is 119 Å². The van der Waals surface area contributed by atoms with E-state index in [9.17, 15) is 4.79 Å². The minimum absolute atomic E-state index is 0.138. The first-order valence-electron chi connectivity index (χ1n) is 10.5. The van der Waals surface area contributed by atoms with Crippen LogP contribution in [-0.4, -0.2) is 138 Å². The zero-order chi connectivity index (χ0) is 25.0. The van der Waals surface area contributed by atoms with Gasteiger partial charge in [-0.1, -0.05) is 0 Å². The molecule has 0 saturated carbocycles. The Morgan fingerprint density at radius 3 is 1.82 bits per heavy atom. The van der Waals surface area contributed by atoms with Crippen molar-refractivity contribution in [1.82, 2.24) is 0 Å². The molecule has 0 amide bonds. The first-order valence-corrected chi connectivity index (χ1v) is 10.5. The van der Waals surface area contributed by atoms with E-state index in [0.29, 0.717) is 0 Å². The zero-order valence-electron chi connectivity index (χ0n) is 21.0. The Kier molecular flexibility index (Phi) is 14.5. The van der Waals surface area contributed by atoms with Crippen LogP contribution in [0.4, 0.5) is 0 Å². The van der Waals surface area contributed by atoms with E-state index in [4.69, 9.17) is 52.1 Å². The molecule has 9 unspecified atom stereocenters. The maximum absolute atomic E-state index is 12.4. The summed E-state index contributed by atoms with van der Waals surface area (Å²) in [6, 6.07) is 0. The molecule has 0 radical (unpaired) electrons. The Hall–Kier alpha value is -0.930. The molecule has 0 bridgehead atoms. The van der Waals surface area contributed by atoms with Gasteiger partial charge >= 0.3 is 5.97 Å². The summed E-state index contributed by atoms with van der Waals surface area (Å²) in [6.07, 6.45) is -6.79. The fourth-order valence-corrected chi connectivity index (χ4v) is 3.99. The van der Waals surface area contributed by atoms with E-state index < -0.39 is 61.1 Å². The van der Waals surface area contributed by atoms with Gasteiger partial charge in [0.25, 0.3) is 0 Å². The second-order valence-electron chi connectivity index (χ2n) is 7.31. The highest BCUT2D eigenvalue weighted by Crippen LogP contribution is 2.31. The Morgan fingerprint density at radius 1 is 0.758 bits per heavy atom. The van der Waals surface area contributed by atoms with Gasteiger partial charge in [-0.3, -0.25) is 0 Å². The third kappa shape index (κ3) is 7.52. The molecule has 1 aliphatic heterocycles. The highest BCUT2D eigenvalue weighted by Gasteiger charge is 2.51. The predicted octanol–water partition coefficient (Wildman–Crippen LogP) is -0.348. The van der Waals surface area contributed by atoms with Crippen molar-refractivity contribution in [2.24, 2.45) is 0 Å². The quantitative estimate of drug-likeness (QED) is 0.267. The van der Waals surface area contributed by atoms with Gasteiger partial charge in [-0.25, -0.2) is 4.79 Å². The van der Waals surface area contributed by atoms with Gasteiger partial charge in [0.2, 0.25) is 0 Å². The molecule has 1 saturated heterocycles. The average molecular weight is 485 g/mol. The second-order valence-corrected chi connectivity index (χ2v) is 7.31. The number of hydrogen-bond acceptors (Lipinski definition) is 12. The van der Waals surface area contributed by atoms with Gasteiger partial charge in [-0.2, -0.15) is 0 Å². The van der Waals surface area contributed by atoms with Gasteiger partial charge in [-0.15, -0.1) is 0 Å². The second kappa shape index (κ2) is 15.9. The maximum Gasteiger partial charge on any atom is 0.337 e. The summed E-state index contributed by atoms with van der Waals surface area (Å²) in [5.74, 6) is -0.635. The van der Waals surface area contributed by atoms with Crippen molar-refractivity contribution >= 4 is 5.97 Å². The molecule has 0 aromatic heterocycles. The molecule has 0 spiro atoms. The van der Waals surface area contributed by atoms with Crippen LogP contribution < -0.4 is 0 Å². The number of ether oxygens (including phenoxy) is 11. The lowest BCUT2D eigenvalue weighted by Crippen LogP contribution is -2.63. The molecular formula is C21H40O12. The smallest absolute Gasteiger partial charge is 0.337 e. The fraction of sp³-hybridized carbons (Fsp3) is 0.952. The Bertz CT molecular complexity index is 535. The van der Waals surface area contributed by atoms with E-state index in [2.05, 4.69) is 0 Å². The normalized spacial score (nSPS) is 29.3. The molecule has 9 atom stereocenters. The maximum atomic E-state index is 12.4. The van der Waals surface area contributed by atoms with Crippen LogP contribution in [0.2, 0.25) is 0 Å². The van der Waals surface area contributed by atoms with Gasteiger partial charge < -0.3 is 52.1 Å². The molecule has 1 aliphatic rings. The number of rotatable bonds is 16. The molecule has 0 aromatic carbocycles. The van der Waals surface area contributed by atoms with Gasteiger partial charge in [0, 0.05) is 56.9 Å².